The van der Waals surface area contributed by atoms with Gasteiger partial charge in [0.2, 0.25) is 0 Å². The first-order chi connectivity index (χ1) is 11.2. The molecular weight excluding hydrogens is 288 g/mol. The van der Waals surface area contributed by atoms with Crippen LogP contribution in [0.25, 0.3) is 0 Å². The number of hydrogen-bond donors (Lipinski definition) is 2. The van der Waals surface area contributed by atoms with Gasteiger partial charge in [-0.15, -0.1) is 0 Å². The Morgan fingerprint density at radius 1 is 1.39 bits per heavy atom. The lowest BCUT2D eigenvalue weighted by Gasteiger charge is -2.27. The number of hydrogen-bond acceptors (Lipinski definition) is 3. The lowest BCUT2D eigenvalue weighted by Crippen LogP contribution is -2.39. The molecule has 1 unspecified atom stereocenters. The molecule has 120 valence electrons. The minimum atomic E-state index is -0.00939. The second kappa shape index (κ2) is 5.81. The van der Waals surface area contributed by atoms with Crippen molar-refractivity contribution in [2.45, 2.75) is 31.2 Å². The number of fused-ring (bicyclic) bond motifs is 1. The highest BCUT2D eigenvalue weighted by Crippen LogP contribution is 2.41. The van der Waals surface area contributed by atoms with E-state index in [2.05, 4.69) is 40.0 Å². The van der Waals surface area contributed by atoms with Gasteiger partial charge in [0.1, 0.15) is 0 Å². The predicted octanol–water partition coefficient (Wildman–Crippen LogP) is 1.91. The summed E-state index contributed by atoms with van der Waals surface area (Å²) in [5.74, 6) is 0.502. The van der Waals surface area contributed by atoms with Crippen molar-refractivity contribution < 1.29 is 4.79 Å². The first kappa shape index (κ1) is 14.5. The van der Waals surface area contributed by atoms with Crippen LogP contribution in [0.2, 0.25) is 0 Å². The Hall–Kier alpha value is -2.14. The number of rotatable bonds is 4. The van der Waals surface area contributed by atoms with Gasteiger partial charge in [-0.2, -0.15) is 5.10 Å². The van der Waals surface area contributed by atoms with E-state index in [-0.39, 0.29) is 11.9 Å². The molecule has 2 N–H and O–H groups in total. The maximum absolute atomic E-state index is 12.6. The standard InChI is InChI=1S/C18H22N4O/c1-22-17(13-6-7-13)15(10-21-22)18(23)20-11-16-14-5-3-2-4-12(14)8-9-19-16/h2-5,10,13,16,19H,6-9,11H2,1H3,(H,20,23). The predicted molar refractivity (Wildman–Crippen MR) is 88.4 cm³/mol. The molecule has 1 aliphatic heterocycles. The molecular formula is C18H22N4O. The lowest BCUT2D eigenvalue weighted by molar-refractivity contribution is 0.0948. The van der Waals surface area contributed by atoms with Crippen LogP contribution in [0, 0.1) is 0 Å². The molecule has 0 bridgehead atoms. The Bertz CT molecular complexity index is 732. The molecule has 1 atom stereocenters. The van der Waals surface area contributed by atoms with Gasteiger partial charge in [-0.3, -0.25) is 9.48 Å². The second-order valence-corrected chi connectivity index (χ2v) is 6.51. The van der Waals surface area contributed by atoms with Crippen LogP contribution in [0.4, 0.5) is 0 Å². The first-order valence-electron chi connectivity index (χ1n) is 8.35. The number of carbonyl (C=O) groups excluding carboxylic acids is 1. The summed E-state index contributed by atoms with van der Waals surface area (Å²) in [6.45, 7) is 1.56. The summed E-state index contributed by atoms with van der Waals surface area (Å²) in [6.07, 6.45) is 5.08. The summed E-state index contributed by atoms with van der Waals surface area (Å²) in [6, 6.07) is 8.66. The fourth-order valence-electron chi connectivity index (χ4n) is 3.53. The van der Waals surface area contributed by atoms with Gasteiger partial charge in [0.25, 0.3) is 5.91 Å². The van der Waals surface area contributed by atoms with Gasteiger partial charge >= 0.3 is 0 Å². The average Bonchev–Trinajstić information content (AvgIpc) is 3.34. The van der Waals surface area contributed by atoms with E-state index >= 15 is 0 Å². The number of amides is 1. The molecule has 5 nitrogen and oxygen atoms in total. The molecule has 1 fully saturated rings. The maximum atomic E-state index is 12.6. The Kier molecular flexibility index (Phi) is 3.65. The number of aromatic nitrogens is 2. The molecule has 1 saturated carbocycles. The van der Waals surface area contributed by atoms with Gasteiger partial charge < -0.3 is 10.6 Å². The largest absolute Gasteiger partial charge is 0.350 e. The van der Waals surface area contributed by atoms with Crippen LogP contribution in [-0.2, 0) is 13.5 Å². The quantitative estimate of drug-likeness (QED) is 0.907. The van der Waals surface area contributed by atoms with Crippen LogP contribution in [-0.4, -0.2) is 28.8 Å². The summed E-state index contributed by atoms with van der Waals surface area (Å²) in [5.41, 5.74) is 4.50. The second-order valence-electron chi connectivity index (χ2n) is 6.51. The highest BCUT2D eigenvalue weighted by molar-refractivity contribution is 5.95. The van der Waals surface area contributed by atoms with Crippen molar-refractivity contribution in [3.8, 4) is 0 Å². The highest BCUT2D eigenvalue weighted by atomic mass is 16.1. The smallest absolute Gasteiger partial charge is 0.254 e. The van der Waals surface area contributed by atoms with Crippen molar-refractivity contribution in [3.63, 3.8) is 0 Å². The molecule has 1 aromatic heterocycles. The lowest BCUT2D eigenvalue weighted by atomic mass is 9.94. The molecule has 2 aromatic rings. The van der Waals surface area contributed by atoms with Crippen LogP contribution >= 0.6 is 0 Å². The minimum Gasteiger partial charge on any atom is -0.350 e. The zero-order chi connectivity index (χ0) is 15.8. The van der Waals surface area contributed by atoms with Crippen molar-refractivity contribution >= 4 is 5.91 Å². The summed E-state index contributed by atoms with van der Waals surface area (Å²) >= 11 is 0. The van der Waals surface area contributed by atoms with Crippen LogP contribution in [0.5, 0.6) is 0 Å². The molecule has 2 aliphatic rings. The molecule has 0 spiro atoms. The van der Waals surface area contributed by atoms with Crippen LogP contribution in [0.15, 0.2) is 30.5 Å². The SMILES string of the molecule is Cn1ncc(C(=O)NCC2NCCc3ccccc32)c1C1CC1. The van der Waals surface area contributed by atoms with E-state index in [0.29, 0.717) is 12.5 Å². The number of carbonyl (C=O) groups is 1. The maximum Gasteiger partial charge on any atom is 0.254 e. The van der Waals surface area contributed by atoms with Crippen molar-refractivity contribution in [3.05, 3.63) is 52.8 Å². The number of nitrogens with one attached hydrogen (secondary N) is 2. The van der Waals surface area contributed by atoms with E-state index < -0.39 is 0 Å². The van der Waals surface area contributed by atoms with E-state index in [4.69, 9.17) is 0 Å². The van der Waals surface area contributed by atoms with Crippen LogP contribution < -0.4 is 10.6 Å². The summed E-state index contributed by atoms with van der Waals surface area (Å²) < 4.78 is 1.85. The van der Waals surface area contributed by atoms with Gasteiger partial charge in [0, 0.05) is 25.6 Å². The summed E-state index contributed by atoms with van der Waals surface area (Å²) in [7, 11) is 1.92. The fourth-order valence-corrected chi connectivity index (χ4v) is 3.53. The van der Waals surface area contributed by atoms with E-state index in [0.717, 1.165) is 37.1 Å². The zero-order valence-corrected chi connectivity index (χ0v) is 13.4. The molecule has 1 aliphatic carbocycles. The molecule has 0 radical (unpaired) electrons. The first-order valence-corrected chi connectivity index (χ1v) is 8.35. The molecule has 4 rings (SSSR count). The number of nitrogens with zero attached hydrogens (tertiary/aromatic N) is 2. The van der Waals surface area contributed by atoms with Crippen molar-refractivity contribution in [1.82, 2.24) is 20.4 Å². The van der Waals surface area contributed by atoms with Crippen molar-refractivity contribution in [2.24, 2.45) is 7.05 Å². The van der Waals surface area contributed by atoms with E-state index in [9.17, 15) is 4.79 Å². The Morgan fingerprint density at radius 3 is 3.04 bits per heavy atom. The van der Waals surface area contributed by atoms with Gasteiger partial charge in [-0.1, -0.05) is 24.3 Å². The molecule has 2 heterocycles. The van der Waals surface area contributed by atoms with E-state index in [1.54, 1.807) is 6.20 Å². The Morgan fingerprint density at radius 2 is 2.22 bits per heavy atom. The third-order valence-corrected chi connectivity index (χ3v) is 4.88. The van der Waals surface area contributed by atoms with E-state index in [1.807, 2.05) is 11.7 Å². The fraction of sp³-hybridized carbons (Fsp3) is 0.444. The minimum absolute atomic E-state index is 0.00939. The number of aryl methyl sites for hydroxylation is 1. The van der Waals surface area contributed by atoms with E-state index in [1.165, 1.54) is 11.1 Å². The Labute approximate surface area is 136 Å². The topological polar surface area (TPSA) is 59.0 Å². The van der Waals surface area contributed by atoms with Gasteiger partial charge in [0.05, 0.1) is 17.5 Å². The van der Waals surface area contributed by atoms with Gasteiger partial charge in [-0.05, 0) is 36.9 Å². The third kappa shape index (κ3) is 2.77. The van der Waals surface area contributed by atoms with Crippen LogP contribution in [0.3, 0.4) is 0 Å². The van der Waals surface area contributed by atoms with Crippen molar-refractivity contribution in [2.75, 3.05) is 13.1 Å². The molecule has 5 heteroatoms. The molecule has 0 saturated heterocycles. The molecule has 1 amide bonds. The third-order valence-electron chi connectivity index (χ3n) is 4.88. The molecule has 1 aromatic carbocycles. The van der Waals surface area contributed by atoms with Crippen LogP contribution in [0.1, 0.15) is 52.0 Å². The zero-order valence-electron chi connectivity index (χ0n) is 13.4. The highest BCUT2D eigenvalue weighted by Gasteiger charge is 2.31. The summed E-state index contributed by atoms with van der Waals surface area (Å²) in [5, 5.41) is 10.9. The number of benzene rings is 1. The summed E-state index contributed by atoms with van der Waals surface area (Å²) in [4.78, 5) is 12.6. The van der Waals surface area contributed by atoms with Gasteiger partial charge in [0.15, 0.2) is 0 Å². The average molecular weight is 310 g/mol. The molecule has 23 heavy (non-hydrogen) atoms. The van der Waals surface area contributed by atoms with Gasteiger partial charge in [-0.25, -0.2) is 0 Å². The normalized spacial score (nSPS) is 20.1. The Balaban J connectivity index is 1.47. The van der Waals surface area contributed by atoms with Crippen molar-refractivity contribution in [1.29, 1.82) is 0 Å². The monoisotopic (exact) mass is 310 g/mol.